The summed E-state index contributed by atoms with van der Waals surface area (Å²) in [5, 5.41) is 0. The van der Waals surface area contributed by atoms with Gasteiger partial charge in [0.25, 0.3) is 0 Å². The Kier molecular flexibility index (Phi) is 18.0. The van der Waals surface area contributed by atoms with E-state index in [4.69, 9.17) is 5.63 Å². The molecule has 0 aliphatic rings. The molecular formula is C18H34BiO4. The minimum atomic E-state index is -1.85. The van der Waals surface area contributed by atoms with Crippen LogP contribution in [0.4, 0.5) is 0 Å². The van der Waals surface area contributed by atoms with E-state index in [1.165, 1.54) is 51.4 Å². The quantitative estimate of drug-likeness (QED) is 0.209. The van der Waals surface area contributed by atoms with E-state index in [1.54, 1.807) is 0 Å². The van der Waals surface area contributed by atoms with E-state index < -0.39 is 24.1 Å². The van der Waals surface area contributed by atoms with Gasteiger partial charge in [-0.1, -0.05) is 0 Å². The van der Waals surface area contributed by atoms with Crippen LogP contribution in [0.25, 0.3) is 0 Å². The summed E-state index contributed by atoms with van der Waals surface area (Å²) in [4.78, 5) is 23.0. The van der Waals surface area contributed by atoms with Gasteiger partial charge < -0.3 is 0 Å². The second-order valence-corrected chi connectivity index (χ2v) is 8.04. The fourth-order valence-electron chi connectivity index (χ4n) is 2.29. The Bertz CT molecular complexity index is 295. The molecule has 0 aliphatic carbocycles. The molecule has 0 atom stereocenters. The van der Waals surface area contributed by atoms with Gasteiger partial charge in [0.05, 0.1) is 0 Å². The zero-order valence-corrected chi connectivity index (χ0v) is 18.5. The Hall–Kier alpha value is -0.177. The minimum absolute atomic E-state index is 0.189. The van der Waals surface area contributed by atoms with Crippen molar-refractivity contribution in [1.29, 1.82) is 0 Å². The van der Waals surface area contributed by atoms with Gasteiger partial charge in [-0.3, -0.25) is 0 Å². The average molecular weight is 523 g/mol. The van der Waals surface area contributed by atoms with Crippen molar-refractivity contribution in [3.8, 4) is 0 Å². The van der Waals surface area contributed by atoms with Crippen LogP contribution in [0.15, 0.2) is 0 Å². The van der Waals surface area contributed by atoms with Crippen LogP contribution in [-0.2, 0) is 15.2 Å². The van der Waals surface area contributed by atoms with E-state index in [9.17, 15) is 9.59 Å². The predicted molar refractivity (Wildman–Crippen MR) is 93.9 cm³/mol. The molecule has 0 aliphatic heterocycles. The molecule has 23 heavy (non-hydrogen) atoms. The van der Waals surface area contributed by atoms with Crippen LogP contribution >= 0.6 is 0 Å². The molecule has 4 nitrogen and oxygen atoms in total. The summed E-state index contributed by atoms with van der Waals surface area (Å²) in [5.74, 6) is -0.382. The number of unbranched alkanes of at least 4 members (excludes halogenated alkanes) is 10. The summed E-state index contributed by atoms with van der Waals surface area (Å²) in [6, 6.07) is 0. The second-order valence-electron chi connectivity index (χ2n) is 6.04. The average Bonchev–Trinajstić information content (AvgIpc) is 2.54. The molecule has 0 fully saturated rings. The summed E-state index contributed by atoms with van der Waals surface area (Å²) < 4.78 is 10.2. The summed E-state index contributed by atoms with van der Waals surface area (Å²) in [6.45, 7) is 4.38. The maximum absolute atomic E-state index is 11.5. The van der Waals surface area contributed by atoms with E-state index in [2.05, 4.69) is 13.8 Å². The summed E-state index contributed by atoms with van der Waals surface area (Å²) >= 11 is -1.85. The first-order chi connectivity index (χ1) is 11.2. The van der Waals surface area contributed by atoms with Crippen molar-refractivity contribution in [1.82, 2.24) is 0 Å². The zero-order chi connectivity index (χ0) is 17.2. The molecule has 0 bridgehead atoms. The van der Waals surface area contributed by atoms with Crippen LogP contribution in [0, 0.1) is 0 Å². The predicted octanol–water partition coefficient (Wildman–Crippen LogP) is 5.11. The van der Waals surface area contributed by atoms with Crippen molar-refractivity contribution >= 4 is 36.1 Å². The Morgan fingerprint density at radius 2 is 0.957 bits per heavy atom. The van der Waals surface area contributed by atoms with Gasteiger partial charge in [-0.25, -0.2) is 0 Å². The van der Waals surface area contributed by atoms with Gasteiger partial charge in [0.15, 0.2) is 0 Å². The first kappa shape index (κ1) is 22.8. The third-order valence-corrected chi connectivity index (χ3v) is 5.91. The van der Waals surface area contributed by atoms with Gasteiger partial charge in [0.1, 0.15) is 0 Å². The van der Waals surface area contributed by atoms with Crippen molar-refractivity contribution in [2.75, 3.05) is 0 Å². The van der Waals surface area contributed by atoms with Crippen LogP contribution in [0.2, 0.25) is 0 Å². The van der Waals surface area contributed by atoms with Crippen LogP contribution in [0.1, 0.15) is 104 Å². The third kappa shape index (κ3) is 18.0. The number of hydrogen-bond donors (Lipinski definition) is 0. The second kappa shape index (κ2) is 18.2. The third-order valence-electron chi connectivity index (χ3n) is 3.75. The van der Waals surface area contributed by atoms with Gasteiger partial charge in [-0.15, -0.1) is 0 Å². The zero-order valence-electron chi connectivity index (χ0n) is 15.0. The Morgan fingerprint density at radius 3 is 1.35 bits per heavy atom. The Morgan fingerprint density at radius 1 is 0.609 bits per heavy atom. The molecular weight excluding hydrogens is 489 g/mol. The first-order valence-electron chi connectivity index (χ1n) is 9.30. The molecule has 0 N–H and O–H groups in total. The topological polar surface area (TPSA) is 52.6 Å². The first-order valence-corrected chi connectivity index (χ1v) is 12.1. The monoisotopic (exact) mass is 523 g/mol. The molecule has 0 unspecified atom stereocenters. The molecule has 0 rings (SSSR count). The Balaban J connectivity index is 3.33. The van der Waals surface area contributed by atoms with Crippen molar-refractivity contribution in [3.63, 3.8) is 0 Å². The number of hydrogen-bond acceptors (Lipinski definition) is 4. The van der Waals surface area contributed by atoms with Gasteiger partial charge in [-0.05, 0) is 0 Å². The van der Waals surface area contributed by atoms with E-state index >= 15 is 0 Å². The normalized spacial score (nSPS) is 10.5. The summed E-state index contributed by atoms with van der Waals surface area (Å²) in [7, 11) is 0. The molecule has 0 heterocycles. The molecule has 135 valence electrons. The van der Waals surface area contributed by atoms with Crippen LogP contribution < -0.4 is 0 Å². The summed E-state index contributed by atoms with van der Waals surface area (Å²) in [5.41, 5.74) is 0. The van der Waals surface area contributed by atoms with Gasteiger partial charge >= 0.3 is 155 Å². The van der Waals surface area contributed by atoms with Crippen molar-refractivity contribution < 1.29 is 15.2 Å². The molecule has 0 amide bonds. The van der Waals surface area contributed by atoms with Crippen molar-refractivity contribution in [3.05, 3.63) is 0 Å². The molecule has 0 aromatic rings. The molecule has 0 aromatic carbocycles. The van der Waals surface area contributed by atoms with Gasteiger partial charge in [-0.2, -0.15) is 0 Å². The fourth-order valence-corrected chi connectivity index (χ4v) is 3.79. The molecule has 0 aromatic heterocycles. The molecule has 0 saturated heterocycles. The Labute approximate surface area is 154 Å². The van der Waals surface area contributed by atoms with Crippen LogP contribution in [-0.4, -0.2) is 36.1 Å². The van der Waals surface area contributed by atoms with Crippen molar-refractivity contribution in [2.24, 2.45) is 0 Å². The maximum atomic E-state index is 11.5. The van der Waals surface area contributed by atoms with Gasteiger partial charge in [0.2, 0.25) is 0 Å². The van der Waals surface area contributed by atoms with Gasteiger partial charge in [0, 0.05) is 0 Å². The van der Waals surface area contributed by atoms with Crippen LogP contribution in [0.3, 0.4) is 0 Å². The standard InChI is InChI=1S/C10H20O2.C8H16O2.Bi/c1-2-3-4-5-6-7-8-9-10(11)12;1-2-3-4-5-6-7-8(9)10;/h2-9H2,1H3,(H,11,12);2-7H2,1H3,(H,9,10);/q;;+2/p-2. The van der Waals surface area contributed by atoms with E-state index in [1.807, 2.05) is 0 Å². The van der Waals surface area contributed by atoms with E-state index in [-0.39, 0.29) is 11.9 Å². The fraction of sp³-hybridized carbons (Fsp3) is 0.889. The molecule has 0 saturated carbocycles. The SMILES string of the molecule is CCCCCCCCCC(=O)[O][Bi][O]C(=O)CCCCCCC. The summed E-state index contributed by atoms with van der Waals surface area (Å²) in [6.07, 6.45) is 14.8. The molecule has 1 radical (unpaired) electrons. The molecule has 0 spiro atoms. The number of carbonyl (C=O) groups excluding carboxylic acids is 2. The van der Waals surface area contributed by atoms with E-state index in [0.29, 0.717) is 12.8 Å². The van der Waals surface area contributed by atoms with E-state index in [0.717, 1.165) is 25.7 Å². The number of carbonyl (C=O) groups is 2. The molecule has 5 heteroatoms. The van der Waals surface area contributed by atoms with Crippen LogP contribution in [0.5, 0.6) is 0 Å². The van der Waals surface area contributed by atoms with Crippen molar-refractivity contribution in [2.45, 2.75) is 104 Å². The number of rotatable bonds is 16.